The third-order valence-corrected chi connectivity index (χ3v) is 6.02. The summed E-state index contributed by atoms with van der Waals surface area (Å²) in [7, 11) is -3.68. The lowest BCUT2D eigenvalue weighted by atomic mass is 10.2. The molecule has 7 nitrogen and oxygen atoms in total. The maximum absolute atomic E-state index is 12.3. The lowest BCUT2D eigenvalue weighted by molar-refractivity contribution is -0.116. The number of halogens is 1. The number of sulfonamides is 1. The second-order valence-corrected chi connectivity index (χ2v) is 8.13. The van der Waals surface area contributed by atoms with Crippen LogP contribution in [0, 0.1) is 6.92 Å². The van der Waals surface area contributed by atoms with Crippen molar-refractivity contribution in [2.45, 2.75) is 18.2 Å². The molecule has 0 aliphatic heterocycles. The van der Waals surface area contributed by atoms with Crippen LogP contribution in [0.2, 0.25) is 0 Å². The van der Waals surface area contributed by atoms with E-state index in [1.54, 1.807) is 43.3 Å². The molecule has 3 rings (SSSR count). The summed E-state index contributed by atoms with van der Waals surface area (Å²) in [5, 5.41) is 2.72. The van der Waals surface area contributed by atoms with Gasteiger partial charge < -0.3 is 9.73 Å². The fraction of sp³-hybridized carbons (Fsp3) is 0.176. The van der Waals surface area contributed by atoms with E-state index in [0.29, 0.717) is 27.2 Å². The largest absolute Gasteiger partial charge is 0.441 e. The van der Waals surface area contributed by atoms with Gasteiger partial charge in [-0.3, -0.25) is 4.79 Å². The minimum atomic E-state index is -3.68. The first kappa shape index (κ1) is 18.6. The van der Waals surface area contributed by atoms with Crippen LogP contribution < -0.4 is 10.0 Å². The minimum Gasteiger partial charge on any atom is -0.441 e. The monoisotopic (exact) mass is 437 g/mol. The van der Waals surface area contributed by atoms with E-state index < -0.39 is 10.0 Å². The zero-order valence-corrected chi connectivity index (χ0v) is 16.2. The molecule has 3 aromatic rings. The standard InChI is InChI=1S/C17H16BrN3O4S/c1-11-20-14-10-12(6-7-15(14)25-11)21-17(22)8-9-19-26(23,24)16-5-3-2-4-13(16)18/h2-7,10,19H,8-9H2,1H3,(H,21,22). The van der Waals surface area contributed by atoms with Crippen LogP contribution in [-0.2, 0) is 14.8 Å². The van der Waals surface area contributed by atoms with E-state index in [-0.39, 0.29) is 23.8 Å². The zero-order chi connectivity index (χ0) is 18.7. The van der Waals surface area contributed by atoms with Gasteiger partial charge >= 0.3 is 0 Å². The Balaban J connectivity index is 1.57. The van der Waals surface area contributed by atoms with Crippen LogP contribution in [0.1, 0.15) is 12.3 Å². The van der Waals surface area contributed by atoms with Gasteiger partial charge in [-0.05, 0) is 46.3 Å². The van der Waals surface area contributed by atoms with Crippen molar-refractivity contribution in [3.05, 3.63) is 52.8 Å². The molecule has 0 bridgehead atoms. The Morgan fingerprint density at radius 1 is 1.23 bits per heavy atom. The Hall–Kier alpha value is -2.23. The fourth-order valence-electron chi connectivity index (χ4n) is 2.38. The molecule has 0 fully saturated rings. The van der Waals surface area contributed by atoms with E-state index in [2.05, 4.69) is 31.0 Å². The quantitative estimate of drug-likeness (QED) is 0.616. The number of hydrogen-bond donors (Lipinski definition) is 2. The Morgan fingerprint density at radius 2 is 2.00 bits per heavy atom. The normalized spacial score (nSPS) is 11.6. The average Bonchev–Trinajstić information content (AvgIpc) is 2.94. The summed E-state index contributed by atoms with van der Waals surface area (Å²) in [5.74, 6) is 0.240. The van der Waals surface area contributed by atoms with E-state index in [4.69, 9.17) is 4.42 Å². The van der Waals surface area contributed by atoms with Crippen molar-refractivity contribution in [1.82, 2.24) is 9.71 Å². The third-order valence-electron chi connectivity index (χ3n) is 3.55. The number of nitrogens with one attached hydrogen (secondary N) is 2. The van der Waals surface area contributed by atoms with Gasteiger partial charge in [-0.2, -0.15) is 0 Å². The Bertz CT molecular complexity index is 1060. The highest BCUT2D eigenvalue weighted by Gasteiger charge is 2.17. The van der Waals surface area contributed by atoms with E-state index in [0.717, 1.165) is 0 Å². The number of oxazole rings is 1. The highest BCUT2D eigenvalue weighted by atomic mass is 79.9. The van der Waals surface area contributed by atoms with Crippen molar-refractivity contribution >= 4 is 48.6 Å². The highest BCUT2D eigenvalue weighted by molar-refractivity contribution is 9.10. The van der Waals surface area contributed by atoms with E-state index in [1.165, 1.54) is 6.07 Å². The highest BCUT2D eigenvalue weighted by Crippen LogP contribution is 2.21. The Labute approximate surface area is 159 Å². The first-order valence-electron chi connectivity index (χ1n) is 7.76. The molecule has 2 N–H and O–H groups in total. The number of rotatable bonds is 6. The van der Waals surface area contributed by atoms with E-state index >= 15 is 0 Å². The maximum Gasteiger partial charge on any atom is 0.241 e. The van der Waals surface area contributed by atoms with Crippen LogP contribution in [0.3, 0.4) is 0 Å². The molecule has 1 aromatic heterocycles. The topological polar surface area (TPSA) is 101 Å². The van der Waals surface area contributed by atoms with Gasteiger partial charge in [0.2, 0.25) is 15.9 Å². The molecular weight excluding hydrogens is 422 g/mol. The van der Waals surface area contributed by atoms with E-state index in [9.17, 15) is 13.2 Å². The molecule has 9 heteroatoms. The first-order valence-corrected chi connectivity index (χ1v) is 10.0. The van der Waals surface area contributed by atoms with Gasteiger partial charge in [0.15, 0.2) is 11.5 Å². The summed E-state index contributed by atoms with van der Waals surface area (Å²) in [5.41, 5.74) is 1.86. The molecule has 1 amide bonds. The number of amides is 1. The van der Waals surface area contributed by atoms with Gasteiger partial charge in [-0.1, -0.05) is 12.1 Å². The molecule has 0 radical (unpaired) electrons. The number of fused-ring (bicyclic) bond motifs is 1. The van der Waals surface area contributed by atoms with Gasteiger partial charge in [-0.25, -0.2) is 18.1 Å². The number of aryl methyl sites for hydroxylation is 1. The predicted molar refractivity (Wildman–Crippen MR) is 101 cm³/mol. The lowest BCUT2D eigenvalue weighted by Gasteiger charge is -2.09. The number of aromatic nitrogens is 1. The van der Waals surface area contributed by atoms with Gasteiger partial charge in [0.25, 0.3) is 0 Å². The summed E-state index contributed by atoms with van der Waals surface area (Å²) in [6, 6.07) is 11.6. The van der Waals surface area contributed by atoms with Crippen LogP contribution in [0.5, 0.6) is 0 Å². The van der Waals surface area contributed by atoms with Crippen LogP contribution >= 0.6 is 15.9 Å². The molecule has 26 heavy (non-hydrogen) atoms. The molecule has 0 saturated carbocycles. The molecule has 0 spiro atoms. The molecule has 136 valence electrons. The van der Waals surface area contributed by atoms with Gasteiger partial charge in [0, 0.05) is 30.0 Å². The smallest absolute Gasteiger partial charge is 0.241 e. The number of nitrogens with zero attached hydrogens (tertiary/aromatic N) is 1. The summed E-state index contributed by atoms with van der Waals surface area (Å²) >= 11 is 3.21. The maximum atomic E-state index is 12.3. The van der Waals surface area contributed by atoms with Crippen molar-refractivity contribution in [2.24, 2.45) is 0 Å². The number of carbonyl (C=O) groups is 1. The van der Waals surface area contributed by atoms with Crippen LogP contribution in [-0.4, -0.2) is 25.9 Å². The lowest BCUT2D eigenvalue weighted by Crippen LogP contribution is -2.28. The van der Waals surface area contributed by atoms with Gasteiger partial charge in [-0.15, -0.1) is 0 Å². The molecule has 0 aliphatic carbocycles. The minimum absolute atomic E-state index is 0.000434. The van der Waals surface area contributed by atoms with Crippen molar-refractivity contribution in [2.75, 3.05) is 11.9 Å². The van der Waals surface area contributed by atoms with Gasteiger partial charge in [0.1, 0.15) is 5.52 Å². The summed E-state index contributed by atoms with van der Waals surface area (Å²) in [4.78, 5) is 16.4. The average molecular weight is 438 g/mol. The van der Waals surface area contributed by atoms with Crippen LogP contribution in [0.4, 0.5) is 5.69 Å². The number of benzene rings is 2. The Morgan fingerprint density at radius 3 is 2.77 bits per heavy atom. The second kappa shape index (κ2) is 7.56. The zero-order valence-electron chi connectivity index (χ0n) is 13.8. The van der Waals surface area contributed by atoms with Crippen molar-refractivity contribution < 1.29 is 17.6 Å². The number of anilines is 1. The fourth-order valence-corrected chi connectivity index (χ4v) is 4.42. The summed E-state index contributed by atoms with van der Waals surface area (Å²) < 4.78 is 32.8. The SMILES string of the molecule is Cc1nc2cc(NC(=O)CCNS(=O)(=O)c3ccccc3Br)ccc2o1. The van der Waals surface area contributed by atoms with Crippen LogP contribution in [0.25, 0.3) is 11.1 Å². The number of hydrogen-bond acceptors (Lipinski definition) is 5. The summed E-state index contributed by atoms with van der Waals surface area (Å²) in [6.07, 6.45) is -0.000434. The second-order valence-electron chi connectivity index (χ2n) is 5.54. The first-order chi connectivity index (χ1) is 12.3. The molecule has 2 aromatic carbocycles. The molecule has 0 aliphatic rings. The van der Waals surface area contributed by atoms with Crippen LogP contribution in [0.15, 0.2) is 56.2 Å². The van der Waals surface area contributed by atoms with Crippen molar-refractivity contribution in [1.29, 1.82) is 0 Å². The van der Waals surface area contributed by atoms with Crippen molar-refractivity contribution in [3.63, 3.8) is 0 Å². The molecule has 0 atom stereocenters. The molecule has 0 saturated heterocycles. The molecule has 1 heterocycles. The molecule has 0 unspecified atom stereocenters. The van der Waals surface area contributed by atoms with Crippen molar-refractivity contribution in [3.8, 4) is 0 Å². The predicted octanol–water partition coefficient (Wildman–Crippen LogP) is 3.21. The van der Waals surface area contributed by atoms with Gasteiger partial charge in [0.05, 0.1) is 4.90 Å². The Kier molecular flexibility index (Phi) is 5.40. The molecular formula is C17H16BrN3O4S. The van der Waals surface area contributed by atoms with E-state index in [1.807, 2.05) is 0 Å². The third kappa shape index (κ3) is 4.29. The summed E-state index contributed by atoms with van der Waals surface area (Å²) in [6.45, 7) is 1.73. The number of carbonyl (C=O) groups excluding carboxylic acids is 1.